The summed E-state index contributed by atoms with van der Waals surface area (Å²) in [6, 6.07) is 4.93. The third-order valence-corrected chi connectivity index (χ3v) is 4.67. The van der Waals surface area contributed by atoms with E-state index in [0.29, 0.717) is 35.2 Å². The van der Waals surface area contributed by atoms with Crippen molar-refractivity contribution < 1.29 is 14.0 Å². The van der Waals surface area contributed by atoms with Gasteiger partial charge in [-0.2, -0.15) is 16.7 Å². The highest BCUT2D eigenvalue weighted by molar-refractivity contribution is 7.99. The van der Waals surface area contributed by atoms with Gasteiger partial charge in [-0.05, 0) is 42.4 Å². The molecule has 22 heavy (non-hydrogen) atoms. The first-order valence-electron chi connectivity index (χ1n) is 7.38. The van der Waals surface area contributed by atoms with Crippen molar-refractivity contribution in [1.82, 2.24) is 10.1 Å². The van der Waals surface area contributed by atoms with Crippen LogP contribution in [0.4, 0.5) is 4.39 Å². The van der Waals surface area contributed by atoms with Gasteiger partial charge in [-0.25, -0.2) is 4.39 Å². The van der Waals surface area contributed by atoms with Crippen LogP contribution < -0.4 is 0 Å². The summed E-state index contributed by atoms with van der Waals surface area (Å²) in [6.45, 7) is 3.97. The molecule has 0 saturated heterocycles. The quantitative estimate of drug-likeness (QED) is 0.753. The Morgan fingerprint density at radius 1 is 1.41 bits per heavy atom. The van der Waals surface area contributed by atoms with Crippen molar-refractivity contribution in [3.8, 4) is 11.4 Å². The minimum Gasteiger partial charge on any atom is -0.396 e. The number of aryl methyl sites for hydroxylation is 2. The number of hydrogen-bond acceptors (Lipinski definition) is 5. The third kappa shape index (κ3) is 4.81. The zero-order valence-corrected chi connectivity index (χ0v) is 13.7. The lowest BCUT2D eigenvalue weighted by Crippen LogP contribution is -2.04. The summed E-state index contributed by atoms with van der Waals surface area (Å²) in [4.78, 5) is 4.31. The SMILES string of the molecule is Cc1ccc(-c2noc(CCCSCC(C)CO)n2)cc1F. The van der Waals surface area contributed by atoms with Crippen molar-refractivity contribution in [3.05, 3.63) is 35.5 Å². The fourth-order valence-corrected chi connectivity index (χ4v) is 2.89. The van der Waals surface area contributed by atoms with Gasteiger partial charge in [-0.3, -0.25) is 0 Å². The number of aromatic nitrogens is 2. The van der Waals surface area contributed by atoms with E-state index in [1.807, 2.05) is 18.7 Å². The van der Waals surface area contributed by atoms with Gasteiger partial charge in [0.2, 0.25) is 11.7 Å². The van der Waals surface area contributed by atoms with E-state index in [9.17, 15) is 4.39 Å². The molecule has 2 rings (SSSR count). The van der Waals surface area contributed by atoms with Gasteiger partial charge in [0.25, 0.3) is 0 Å². The number of aliphatic hydroxyl groups excluding tert-OH is 1. The van der Waals surface area contributed by atoms with E-state index in [2.05, 4.69) is 10.1 Å². The molecular weight excluding hydrogens is 303 g/mol. The van der Waals surface area contributed by atoms with Crippen LogP contribution in [0.5, 0.6) is 0 Å². The van der Waals surface area contributed by atoms with E-state index in [1.165, 1.54) is 6.07 Å². The van der Waals surface area contributed by atoms with Crippen molar-refractivity contribution in [2.45, 2.75) is 26.7 Å². The predicted molar refractivity (Wildman–Crippen MR) is 86.3 cm³/mol. The monoisotopic (exact) mass is 324 g/mol. The molecule has 1 N–H and O–H groups in total. The van der Waals surface area contributed by atoms with Gasteiger partial charge in [0.05, 0.1) is 0 Å². The zero-order chi connectivity index (χ0) is 15.9. The molecule has 4 nitrogen and oxygen atoms in total. The second kappa shape index (κ2) is 8.29. The van der Waals surface area contributed by atoms with Crippen molar-refractivity contribution in [3.63, 3.8) is 0 Å². The van der Waals surface area contributed by atoms with Crippen LogP contribution in [0.2, 0.25) is 0 Å². The second-order valence-electron chi connectivity index (χ2n) is 5.44. The standard InChI is InChI=1S/C16H21FN2O2S/c1-11(9-20)10-22-7-3-4-15-18-16(19-21-15)13-6-5-12(2)14(17)8-13/h5-6,8,11,20H,3-4,7,9-10H2,1-2H3. The molecule has 1 atom stereocenters. The molecule has 1 aromatic heterocycles. The lowest BCUT2D eigenvalue weighted by atomic mass is 10.1. The fourth-order valence-electron chi connectivity index (χ4n) is 1.87. The highest BCUT2D eigenvalue weighted by Gasteiger charge is 2.10. The maximum Gasteiger partial charge on any atom is 0.226 e. The molecule has 1 heterocycles. The third-order valence-electron chi connectivity index (χ3n) is 3.29. The van der Waals surface area contributed by atoms with Gasteiger partial charge >= 0.3 is 0 Å². The van der Waals surface area contributed by atoms with Gasteiger partial charge in [0, 0.05) is 18.6 Å². The second-order valence-corrected chi connectivity index (χ2v) is 6.59. The van der Waals surface area contributed by atoms with Crippen LogP contribution >= 0.6 is 11.8 Å². The molecule has 0 aliphatic heterocycles. The van der Waals surface area contributed by atoms with Gasteiger partial charge in [0.15, 0.2) is 0 Å². The fraction of sp³-hybridized carbons (Fsp3) is 0.500. The summed E-state index contributed by atoms with van der Waals surface area (Å²) in [6.07, 6.45) is 1.65. The maximum absolute atomic E-state index is 13.5. The number of rotatable bonds is 8. The zero-order valence-electron chi connectivity index (χ0n) is 12.9. The molecule has 0 aliphatic rings. The minimum atomic E-state index is -0.266. The smallest absolute Gasteiger partial charge is 0.226 e. The van der Waals surface area contributed by atoms with Crippen molar-refractivity contribution in [2.24, 2.45) is 5.92 Å². The van der Waals surface area contributed by atoms with E-state index in [-0.39, 0.29) is 12.4 Å². The molecule has 6 heteroatoms. The van der Waals surface area contributed by atoms with Crippen LogP contribution in [0.3, 0.4) is 0 Å². The summed E-state index contributed by atoms with van der Waals surface area (Å²) in [5.74, 6) is 3.01. The Balaban J connectivity index is 1.82. The number of aliphatic hydroxyl groups is 1. The maximum atomic E-state index is 13.5. The first kappa shape index (κ1) is 17.0. The number of hydrogen-bond donors (Lipinski definition) is 1. The molecule has 0 fully saturated rings. The Morgan fingerprint density at radius 2 is 2.23 bits per heavy atom. The normalized spacial score (nSPS) is 12.5. The first-order valence-corrected chi connectivity index (χ1v) is 8.53. The Bertz CT molecular complexity index is 604. The Labute approximate surface area is 134 Å². The first-order chi connectivity index (χ1) is 10.6. The molecule has 0 radical (unpaired) electrons. The van der Waals surface area contributed by atoms with E-state index in [0.717, 1.165) is 17.9 Å². The minimum absolute atomic E-state index is 0.229. The Hall–Kier alpha value is -1.40. The van der Waals surface area contributed by atoms with Crippen molar-refractivity contribution >= 4 is 11.8 Å². The van der Waals surface area contributed by atoms with Gasteiger partial charge in [-0.1, -0.05) is 24.2 Å². The molecule has 0 spiro atoms. The van der Waals surface area contributed by atoms with Crippen molar-refractivity contribution in [1.29, 1.82) is 0 Å². The molecule has 2 aromatic rings. The molecule has 120 valence electrons. The summed E-state index contributed by atoms with van der Waals surface area (Å²) < 4.78 is 18.8. The lowest BCUT2D eigenvalue weighted by Gasteiger charge is -2.05. The van der Waals surface area contributed by atoms with Gasteiger partial charge in [-0.15, -0.1) is 0 Å². The number of nitrogens with zero attached hydrogens (tertiary/aromatic N) is 2. The summed E-state index contributed by atoms with van der Waals surface area (Å²) >= 11 is 1.81. The van der Waals surface area contributed by atoms with Gasteiger partial charge < -0.3 is 9.63 Å². The van der Waals surface area contributed by atoms with Crippen molar-refractivity contribution in [2.75, 3.05) is 18.1 Å². The van der Waals surface area contributed by atoms with Crippen LogP contribution in [0.25, 0.3) is 11.4 Å². The van der Waals surface area contributed by atoms with E-state index in [1.54, 1.807) is 19.1 Å². The predicted octanol–water partition coefficient (Wildman–Crippen LogP) is 3.48. The average Bonchev–Trinajstić information content (AvgIpc) is 2.98. The van der Waals surface area contributed by atoms with E-state index < -0.39 is 0 Å². The largest absolute Gasteiger partial charge is 0.396 e. The molecule has 0 aliphatic carbocycles. The molecular formula is C16H21FN2O2S. The van der Waals surface area contributed by atoms with Crippen LogP contribution in [-0.4, -0.2) is 33.4 Å². The molecule has 0 bridgehead atoms. The lowest BCUT2D eigenvalue weighted by molar-refractivity contribution is 0.250. The number of halogens is 1. The average molecular weight is 324 g/mol. The van der Waals surface area contributed by atoms with Crippen LogP contribution in [0.1, 0.15) is 24.8 Å². The highest BCUT2D eigenvalue weighted by atomic mass is 32.2. The van der Waals surface area contributed by atoms with E-state index >= 15 is 0 Å². The Morgan fingerprint density at radius 3 is 2.95 bits per heavy atom. The Kier molecular flexibility index (Phi) is 6.39. The van der Waals surface area contributed by atoms with Crippen LogP contribution in [-0.2, 0) is 6.42 Å². The van der Waals surface area contributed by atoms with Crippen LogP contribution in [0, 0.1) is 18.7 Å². The summed E-state index contributed by atoms with van der Waals surface area (Å²) in [7, 11) is 0. The molecule has 0 amide bonds. The van der Waals surface area contributed by atoms with E-state index in [4.69, 9.17) is 9.63 Å². The number of thioether (sulfide) groups is 1. The topological polar surface area (TPSA) is 59.2 Å². The van der Waals surface area contributed by atoms with Crippen LogP contribution in [0.15, 0.2) is 22.7 Å². The summed E-state index contributed by atoms with van der Waals surface area (Å²) in [5.41, 5.74) is 1.23. The number of benzene rings is 1. The molecule has 1 unspecified atom stereocenters. The summed E-state index contributed by atoms with van der Waals surface area (Å²) in [5, 5.41) is 12.8. The molecule has 0 saturated carbocycles. The highest BCUT2D eigenvalue weighted by Crippen LogP contribution is 2.19. The van der Waals surface area contributed by atoms with Gasteiger partial charge in [0.1, 0.15) is 5.82 Å². The molecule has 1 aromatic carbocycles.